The summed E-state index contributed by atoms with van der Waals surface area (Å²) < 4.78 is 0. The van der Waals surface area contributed by atoms with Crippen molar-refractivity contribution in [1.82, 2.24) is 10.6 Å². The van der Waals surface area contributed by atoms with Gasteiger partial charge in [0, 0.05) is 25.2 Å². The van der Waals surface area contributed by atoms with E-state index in [2.05, 4.69) is 10.6 Å². The van der Waals surface area contributed by atoms with Crippen molar-refractivity contribution in [2.24, 2.45) is 0 Å². The molecule has 0 saturated heterocycles. The molecule has 0 heterocycles. The number of hydrogen-bond donors (Lipinski definition) is 5. The zero-order chi connectivity index (χ0) is 12.4. The highest BCUT2D eigenvalue weighted by atomic mass is 16.3. The van der Waals surface area contributed by atoms with E-state index < -0.39 is 6.10 Å². The van der Waals surface area contributed by atoms with Crippen molar-refractivity contribution in [2.75, 3.05) is 26.3 Å². The molecule has 0 spiro atoms. The first kappa shape index (κ1) is 15.8. The molecule has 5 nitrogen and oxygen atoms in total. The summed E-state index contributed by atoms with van der Waals surface area (Å²) in [4.78, 5) is 0. The van der Waals surface area contributed by atoms with Gasteiger partial charge in [0.15, 0.2) is 0 Å². The summed E-state index contributed by atoms with van der Waals surface area (Å²) in [5.41, 5.74) is 0. The molecular weight excluding hydrogens is 208 g/mol. The monoisotopic (exact) mass is 234 g/mol. The number of rotatable bonds is 10. The van der Waals surface area contributed by atoms with E-state index in [4.69, 9.17) is 10.2 Å². The predicted octanol–water partition coefficient (Wildman–Crippen LogP) is -0.932. The zero-order valence-electron chi connectivity index (χ0n) is 10.3. The van der Waals surface area contributed by atoms with Gasteiger partial charge >= 0.3 is 0 Å². The highest BCUT2D eigenvalue weighted by Gasteiger charge is 2.10. The Hall–Kier alpha value is -0.200. The Balaban J connectivity index is 3.61. The molecule has 0 amide bonds. The predicted molar refractivity (Wildman–Crippen MR) is 64.3 cm³/mol. The normalized spacial score (nSPS) is 17.1. The van der Waals surface area contributed by atoms with Gasteiger partial charge in [-0.15, -0.1) is 0 Å². The lowest BCUT2D eigenvalue weighted by Crippen LogP contribution is -2.44. The van der Waals surface area contributed by atoms with Crippen LogP contribution < -0.4 is 10.6 Å². The molecule has 0 aliphatic rings. The van der Waals surface area contributed by atoms with E-state index in [9.17, 15) is 5.11 Å². The van der Waals surface area contributed by atoms with Gasteiger partial charge in [-0.3, -0.25) is 0 Å². The fourth-order valence-corrected chi connectivity index (χ4v) is 1.35. The molecule has 5 N–H and O–H groups in total. The van der Waals surface area contributed by atoms with Gasteiger partial charge in [-0.05, 0) is 12.8 Å². The van der Waals surface area contributed by atoms with Crippen LogP contribution in [0.4, 0.5) is 0 Å². The summed E-state index contributed by atoms with van der Waals surface area (Å²) >= 11 is 0. The molecule has 0 fully saturated rings. The van der Waals surface area contributed by atoms with Gasteiger partial charge in [-0.2, -0.15) is 0 Å². The standard InChI is InChI=1S/C11H26N2O3/c1-3-9(7-14)12-5-11(16)6-13-10(4-2)8-15/h9-16H,3-8H2,1-2H3. The third kappa shape index (κ3) is 7.14. The molecular formula is C11H26N2O3. The second kappa shape index (κ2) is 9.99. The summed E-state index contributed by atoms with van der Waals surface area (Å²) in [6.07, 6.45) is 1.18. The Bertz CT molecular complexity index is 134. The van der Waals surface area contributed by atoms with Crippen LogP contribution in [-0.2, 0) is 0 Å². The van der Waals surface area contributed by atoms with E-state index in [1.54, 1.807) is 0 Å². The van der Waals surface area contributed by atoms with E-state index in [1.807, 2.05) is 13.8 Å². The molecule has 0 aromatic heterocycles. The molecule has 0 bridgehead atoms. The molecule has 0 aromatic carbocycles. The lowest BCUT2D eigenvalue weighted by Gasteiger charge is -2.20. The van der Waals surface area contributed by atoms with Crippen molar-refractivity contribution >= 4 is 0 Å². The van der Waals surface area contributed by atoms with Crippen LogP contribution in [0.3, 0.4) is 0 Å². The smallest absolute Gasteiger partial charge is 0.0788 e. The third-order valence-corrected chi connectivity index (χ3v) is 2.71. The summed E-state index contributed by atoms with van der Waals surface area (Å²) in [6, 6.07) is 0.101. The molecule has 0 saturated carbocycles. The number of aliphatic hydroxyl groups excluding tert-OH is 3. The lowest BCUT2D eigenvalue weighted by molar-refractivity contribution is 0.142. The van der Waals surface area contributed by atoms with Gasteiger partial charge in [0.25, 0.3) is 0 Å². The second-order valence-electron chi connectivity index (χ2n) is 4.05. The summed E-state index contributed by atoms with van der Waals surface area (Å²) in [5, 5.41) is 33.7. The largest absolute Gasteiger partial charge is 0.395 e. The second-order valence-corrected chi connectivity index (χ2v) is 4.05. The average Bonchev–Trinajstić information content (AvgIpc) is 2.31. The fourth-order valence-electron chi connectivity index (χ4n) is 1.35. The minimum atomic E-state index is -0.499. The van der Waals surface area contributed by atoms with E-state index in [1.165, 1.54) is 0 Å². The van der Waals surface area contributed by atoms with Crippen molar-refractivity contribution in [1.29, 1.82) is 0 Å². The zero-order valence-corrected chi connectivity index (χ0v) is 10.3. The van der Waals surface area contributed by atoms with Crippen molar-refractivity contribution in [3.05, 3.63) is 0 Å². The molecule has 0 aromatic rings. The number of hydrogen-bond acceptors (Lipinski definition) is 5. The van der Waals surface area contributed by atoms with Crippen LogP contribution in [0.15, 0.2) is 0 Å². The minimum absolute atomic E-state index is 0.0504. The van der Waals surface area contributed by atoms with Crippen molar-refractivity contribution in [3.8, 4) is 0 Å². The Morgan fingerprint density at radius 2 is 1.25 bits per heavy atom. The molecule has 2 unspecified atom stereocenters. The molecule has 0 radical (unpaired) electrons. The highest BCUT2D eigenvalue weighted by molar-refractivity contribution is 4.71. The number of aliphatic hydroxyl groups is 3. The molecule has 0 rings (SSSR count). The topological polar surface area (TPSA) is 84.8 Å². The first-order chi connectivity index (χ1) is 7.67. The van der Waals surface area contributed by atoms with Gasteiger partial charge < -0.3 is 26.0 Å². The van der Waals surface area contributed by atoms with Gasteiger partial charge in [-0.1, -0.05) is 13.8 Å². The summed E-state index contributed by atoms with van der Waals surface area (Å²) in [5.74, 6) is 0. The molecule has 0 aliphatic heterocycles. The average molecular weight is 234 g/mol. The van der Waals surface area contributed by atoms with Crippen LogP contribution >= 0.6 is 0 Å². The van der Waals surface area contributed by atoms with Crippen LogP contribution in [0.5, 0.6) is 0 Å². The van der Waals surface area contributed by atoms with Gasteiger partial charge in [0.2, 0.25) is 0 Å². The fraction of sp³-hybridized carbons (Fsp3) is 1.00. The van der Waals surface area contributed by atoms with E-state index in [0.717, 1.165) is 12.8 Å². The Kier molecular flexibility index (Phi) is 9.86. The lowest BCUT2D eigenvalue weighted by atomic mass is 10.2. The molecule has 0 aliphatic carbocycles. The van der Waals surface area contributed by atoms with Crippen molar-refractivity contribution < 1.29 is 15.3 Å². The van der Waals surface area contributed by atoms with Crippen LogP contribution in [-0.4, -0.2) is 59.8 Å². The molecule has 16 heavy (non-hydrogen) atoms. The minimum Gasteiger partial charge on any atom is -0.395 e. The SMILES string of the molecule is CCC(CO)NCC(O)CNC(CC)CO. The van der Waals surface area contributed by atoms with Gasteiger partial charge in [0.05, 0.1) is 19.3 Å². The Morgan fingerprint density at radius 1 is 0.875 bits per heavy atom. The van der Waals surface area contributed by atoms with E-state index >= 15 is 0 Å². The van der Waals surface area contributed by atoms with Gasteiger partial charge in [-0.25, -0.2) is 0 Å². The van der Waals surface area contributed by atoms with E-state index in [-0.39, 0.29) is 25.3 Å². The summed E-state index contributed by atoms with van der Waals surface area (Å²) in [6.45, 7) is 5.05. The van der Waals surface area contributed by atoms with E-state index in [0.29, 0.717) is 13.1 Å². The van der Waals surface area contributed by atoms with Crippen LogP contribution in [0.2, 0.25) is 0 Å². The summed E-state index contributed by atoms with van der Waals surface area (Å²) in [7, 11) is 0. The Labute approximate surface area is 97.9 Å². The molecule has 5 heteroatoms. The van der Waals surface area contributed by atoms with Gasteiger partial charge in [0.1, 0.15) is 0 Å². The highest BCUT2D eigenvalue weighted by Crippen LogP contribution is 1.92. The maximum Gasteiger partial charge on any atom is 0.0788 e. The molecule has 98 valence electrons. The first-order valence-corrected chi connectivity index (χ1v) is 6.04. The third-order valence-electron chi connectivity index (χ3n) is 2.71. The maximum absolute atomic E-state index is 9.64. The quantitative estimate of drug-likeness (QED) is 0.337. The van der Waals surface area contributed by atoms with Crippen molar-refractivity contribution in [2.45, 2.75) is 44.9 Å². The molecule has 2 atom stereocenters. The maximum atomic E-state index is 9.64. The number of nitrogens with one attached hydrogen (secondary N) is 2. The van der Waals surface area contributed by atoms with Crippen molar-refractivity contribution in [3.63, 3.8) is 0 Å². The Morgan fingerprint density at radius 3 is 1.50 bits per heavy atom. The van der Waals surface area contributed by atoms with Crippen LogP contribution in [0.1, 0.15) is 26.7 Å². The van der Waals surface area contributed by atoms with Crippen LogP contribution in [0.25, 0.3) is 0 Å². The first-order valence-electron chi connectivity index (χ1n) is 6.04. The van der Waals surface area contributed by atoms with Crippen LogP contribution in [0, 0.1) is 0 Å².